The molecule has 0 atom stereocenters. The third-order valence-corrected chi connectivity index (χ3v) is 5.92. The second-order valence-electron chi connectivity index (χ2n) is 8.50. The molecule has 1 N–H and O–H groups in total. The smallest absolute Gasteiger partial charge is 0.436 e. The maximum absolute atomic E-state index is 13.6. The van der Waals surface area contributed by atoms with Crippen LogP contribution in [0.4, 0.5) is 79.0 Å². The van der Waals surface area contributed by atoms with E-state index < -0.39 is 103 Å². The Balaban J connectivity index is 0.00000183. The zero-order chi connectivity index (χ0) is 34.1. The highest BCUT2D eigenvalue weighted by atomic mass is 19.4. The van der Waals surface area contributed by atoms with E-state index >= 15 is 0 Å². The number of ether oxygens (including phenoxy) is 1. The lowest BCUT2D eigenvalue weighted by Gasteiger charge is -2.47. The molecule has 0 aromatic heterocycles. The molecule has 1 fully saturated rings. The lowest BCUT2D eigenvalue weighted by Crippen LogP contribution is -2.66. The number of nitrogens with zero attached hydrogens (tertiary/aromatic N) is 1. The van der Waals surface area contributed by atoms with Gasteiger partial charge in [-0.25, -0.2) is 4.79 Å². The lowest BCUT2D eigenvalue weighted by molar-refractivity contribution is -0.399. The third-order valence-electron chi connectivity index (χ3n) is 5.92. The standard InChI is InChI=1S/C16H13F15O3.C4H2F3N/c1-6(12(17,18)19)9(32)34-11(15(26,27)28,16(29,30)31)8-4-2-7(3-5-8)10(33,13(20,21)22)14(23,24)25;1-3(2-8)4(5,6)7/h7-8,33H,1-5H2;1H2. The molecule has 0 heterocycles. The van der Waals surface area contributed by atoms with Gasteiger partial charge in [0.2, 0.25) is 0 Å². The molecule has 0 bridgehead atoms. The minimum atomic E-state index is -6.70. The number of carbonyl (C=O) groups is 1. The Morgan fingerprint density at radius 1 is 0.643 bits per heavy atom. The molecule has 42 heavy (non-hydrogen) atoms. The molecule has 0 spiro atoms. The number of nitriles is 1. The number of hydrogen-bond donors (Lipinski definition) is 1. The Kier molecular flexibility index (Phi) is 11.2. The molecule has 1 aliphatic rings. The highest BCUT2D eigenvalue weighted by Gasteiger charge is 2.79. The maximum atomic E-state index is 13.6. The monoisotopic (exact) mass is 659 g/mol. The van der Waals surface area contributed by atoms with Crippen molar-refractivity contribution in [3.63, 3.8) is 0 Å². The fourth-order valence-corrected chi connectivity index (χ4v) is 3.75. The van der Waals surface area contributed by atoms with Gasteiger partial charge in [0, 0.05) is 11.8 Å². The quantitative estimate of drug-likeness (QED) is 0.145. The largest absolute Gasteiger partial charge is 0.437 e. The van der Waals surface area contributed by atoms with Crippen molar-refractivity contribution < 1.29 is 93.7 Å². The summed E-state index contributed by atoms with van der Waals surface area (Å²) in [6, 6.07) is 0.885. The van der Waals surface area contributed by atoms with Crippen LogP contribution in [0.5, 0.6) is 0 Å². The van der Waals surface area contributed by atoms with Gasteiger partial charge >= 0.3 is 48.6 Å². The van der Waals surface area contributed by atoms with E-state index in [4.69, 9.17) is 5.26 Å². The van der Waals surface area contributed by atoms with Gasteiger partial charge in [0.25, 0.3) is 5.60 Å². The second kappa shape index (κ2) is 12.0. The van der Waals surface area contributed by atoms with Crippen LogP contribution in [-0.4, -0.2) is 59.3 Å². The molecule has 1 rings (SSSR count). The third kappa shape index (κ3) is 7.94. The molecule has 0 aromatic carbocycles. The number of esters is 1. The van der Waals surface area contributed by atoms with Crippen molar-refractivity contribution >= 4 is 5.97 Å². The van der Waals surface area contributed by atoms with Crippen molar-refractivity contribution in [2.45, 2.75) is 73.9 Å². The second-order valence-corrected chi connectivity index (χ2v) is 8.50. The van der Waals surface area contributed by atoms with E-state index in [1.165, 1.54) is 0 Å². The Morgan fingerprint density at radius 2 is 0.976 bits per heavy atom. The normalized spacial score (nSPS) is 19.7. The summed E-state index contributed by atoms with van der Waals surface area (Å²) in [6.45, 7) is 4.46. The number of rotatable bonds is 4. The summed E-state index contributed by atoms with van der Waals surface area (Å²) in [5.41, 5.74) is -15.4. The molecule has 0 amide bonds. The molecule has 1 aliphatic carbocycles. The number of alkyl halides is 18. The van der Waals surface area contributed by atoms with E-state index in [2.05, 4.69) is 11.3 Å². The molecule has 0 aromatic rings. The van der Waals surface area contributed by atoms with E-state index in [0.29, 0.717) is 0 Å². The van der Waals surface area contributed by atoms with Crippen LogP contribution in [0.2, 0.25) is 0 Å². The van der Waals surface area contributed by atoms with Crippen LogP contribution >= 0.6 is 0 Å². The molecule has 1 saturated carbocycles. The molecule has 0 aliphatic heterocycles. The van der Waals surface area contributed by atoms with Crippen LogP contribution in [0.1, 0.15) is 25.7 Å². The first-order valence-electron chi connectivity index (χ1n) is 10.4. The predicted molar refractivity (Wildman–Crippen MR) is 99.4 cm³/mol. The van der Waals surface area contributed by atoms with E-state index in [0.717, 1.165) is 6.07 Å². The topological polar surface area (TPSA) is 70.3 Å². The number of aliphatic hydroxyl groups is 1. The van der Waals surface area contributed by atoms with Crippen LogP contribution in [-0.2, 0) is 9.53 Å². The van der Waals surface area contributed by atoms with E-state index in [9.17, 15) is 88.9 Å². The first kappa shape index (κ1) is 39.1. The molecule has 22 heteroatoms. The Labute approximate surface area is 222 Å². The lowest BCUT2D eigenvalue weighted by atomic mass is 9.67. The molecule has 0 unspecified atom stereocenters. The SMILES string of the molecule is C=C(C#N)C(F)(F)F.C=C(C(=O)OC(C1CCC(C(O)(C(F)(F)F)C(F)(F)F)CC1)(C(F)(F)F)C(F)(F)F)C(F)(F)F. The summed E-state index contributed by atoms with van der Waals surface area (Å²) in [5.74, 6) is -9.30. The van der Waals surface area contributed by atoms with Gasteiger partial charge < -0.3 is 9.84 Å². The Hall–Kier alpha value is -2.86. The minimum Gasteiger partial charge on any atom is -0.436 e. The fraction of sp³-hybridized carbons (Fsp3) is 0.700. The van der Waals surface area contributed by atoms with Crippen molar-refractivity contribution in [3.8, 4) is 6.07 Å². The maximum Gasteiger partial charge on any atom is 0.437 e. The zero-order valence-corrected chi connectivity index (χ0v) is 19.9. The summed E-state index contributed by atoms with van der Waals surface area (Å²) in [4.78, 5) is 11.4. The van der Waals surface area contributed by atoms with Gasteiger partial charge in [0.05, 0.1) is 0 Å². The summed E-state index contributed by atoms with van der Waals surface area (Å²) >= 11 is 0. The molecular formula is C20H15F18NO3. The average Bonchev–Trinajstić information content (AvgIpc) is 2.76. The van der Waals surface area contributed by atoms with Gasteiger partial charge in [-0.15, -0.1) is 0 Å². The van der Waals surface area contributed by atoms with Crippen molar-refractivity contribution in [3.05, 3.63) is 24.3 Å². The predicted octanol–water partition coefficient (Wildman–Crippen LogP) is 7.80. The van der Waals surface area contributed by atoms with Gasteiger partial charge in [0.1, 0.15) is 17.2 Å². The zero-order valence-electron chi connectivity index (χ0n) is 19.9. The van der Waals surface area contributed by atoms with Crippen molar-refractivity contribution in [1.82, 2.24) is 0 Å². The Bertz CT molecular complexity index is 1000. The summed E-state index contributed by atoms with van der Waals surface area (Å²) in [5, 5.41) is 16.9. The molecule has 0 radical (unpaired) electrons. The first-order chi connectivity index (χ1) is 18.2. The van der Waals surface area contributed by atoms with Crippen molar-refractivity contribution in [1.29, 1.82) is 5.26 Å². The first-order valence-corrected chi connectivity index (χ1v) is 10.4. The molecular weight excluding hydrogens is 644 g/mol. The van der Waals surface area contributed by atoms with Crippen LogP contribution in [0.3, 0.4) is 0 Å². The van der Waals surface area contributed by atoms with Crippen LogP contribution in [0, 0.1) is 23.2 Å². The van der Waals surface area contributed by atoms with E-state index in [-0.39, 0.29) is 0 Å². The van der Waals surface area contributed by atoms with Gasteiger partial charge in [-0.2, -0.15) is 84.3 Å². The fourth-order valence-electron chi connectivity index (χ4n) is 3.75. The van der Waals surface area contributed by atoms with E-state index in [1.807, 2.05) is 6.58 Å². The Morgan fingerprint density at radius 3 is 1.19 bits per heavy atom. The number of carbonyl (C=O) groups excluding carboxylic acids is 1. The highest BCUT2D eigenvalue weighted by Crippen LogP contribution is 2.58. The van der Waals surface area contributed by atoms with Crippen LogP contribution in [0.25, 0.3) is 0 Å². The summed E-state index contributed by atoms with van der Waals surface area (Å²) in [6.07, 6.45) is -43.7. The summed E-state index contributed by atoms with van der Waals surface area (Å²) in [7, 11) is 0. The van der Waals surface area contributed by atoms with E-state index in [1.54, 1.807) is 0 Å². The number of allylic oxidation sites excluding steroid dienone is 1. The van der Waals surface area contributed by atoms with Gasteiger partial charge in [-0.05, 0) is 25.7 Å². The number of halogens is 18. The van der Waals surface area contributed by atoms with Crippen LogP contribution in [0.15, 0.2) is 24.3 Å². The van der Waals surface area contributed by atoms with Gasteiger partial charge in [-0.1, -0.05) is 13.2 Å². The van der Waals surface area contributed by atoms with Crippen LogP contribution < -0.4 is 0 Å². The van der Waals surface area contributed by atoms with Crippen molar-refractivity contribution in [2.24, 2.45) is 11.8 Å². The van der Waals surface area contributed by atoms with Gasteiger partial charge in [0.15, 0.2) is 0 Å². The minimum absolute atomic E-state index is 0.885. The average molecular weight is 659 g/mol. The molecule has 244 valence electrons. The van der Waals surface area contributed by atoms with Crippen molar-refractivity contribution in [2.75, 3.05) is 0 Å². The molecule has 4 nitrogen and oxygen atoms in total. The van der Waals surface area contributed by atoms with Gasteiger partial charge in [-0.3, -0.25) is 0 Å². The number of hydrogen-bond acceptors (Lipinski definition) is 4. The summed E-state index contributed by atoms with van der Waals surface area (Å²) < 4.78 is 233. The molecule has 0 saturated heterocycles. The highest BCUT2D eigenvalue weighted by molar-refractivity contribution is 5.89.